The highest BCUT2D eigenvalue weighted by molar-refractivity contribution is 5.96. The van der Waals surface area contributed by atoms with Crippen LogP contribution in [0.4, 0.5) is 11.4 Å². The van der Waals surface area contributed by atoms with Crippen LogP contribution in [0.1, 0.15) is 6.92 Å². The number of ether oxygens (including phenoxy) is 1. The molecule has 0 atom stereocenters. The molecule has 0 bridgehead atoms. The lowest BCUT2D eigenvalue weighted by Crippen LogP contribution is -2.38. The molecule has 3 aromatic rings. The van der Waals surface area contributed by atoms with Gasteiger partial charge in [-0.25, -0.2) is 4.79 Å². The van der Waals surface area contributed by atoms with Crippen molar-refractivity contribution in [1.29, 1.82) is 0 Å². The van der Waals surface area contributed by atoms with Crippen molar-refractivity contribution in [2.75, 3.05) is 37.4 Å². The minimum atomic E-state index is -0.304. The number of para-hydroxylation sites is 2. The van der Waals surface area contributed by atoms with Gasteiger partial charge in [0.15, 0.2) is 0 Å². The van der Waals surface area contributed by atoms with Gasteiger partial charge in [0, 0.05) is 5.69 Å². The van der Waals surface area contributed by atoms with Gasteiger partial charge in [-0.05, 0) is 36.9 Å². The van der Waals surface area contributed by atoms with Crippen molar-refractivity contribution in [1.82, 2.24) is 14.9 Å². The Morgan fingerprint density at radius 1 is 1.00 bits per heavy atom. The van der Waals surface area contributed by atoms with Crippen LogP contribution < -0.4 is 21.1 Å². The van der Waals surface area contributed by atoms with Crippen LogP contribution in [-0.4, -0.2) is 53.4 Å². The van der Waals surface area contributed by atoms with E-state index in [9.17, 15) is 14.4 Å². The predicted octanol–water partition coefficient (Wildman–Crippen LogP) is 1.76. The molecule has 0 saturated heterocycles. The van der Waals surface area contributed by atoms with Crippen LogP contribution in [-0.2, 0) is 9.59 Å². The van der Waals surface area contributed by atoms with Gasteiger partial charge in [0.05, 0.1) is 36.9 Å². The molecule has 0 aliphatic carbocycles. The fourth-order valence-corrected chi connectivity index (χ4v) is 2.93. The summed E-state index contributed by atoms with van der Waals surface area (Å²) in [6, 6.07) is 12.2. The standard InChI is InChI=1S/C20H23N5O4/c1-3-25(12-19(27)22-15-6-4-5-7-17(15)29-2)11-18(26)21-13-8-9-14-16(10-13)24-20(28)23-14/h4-10H,3,11-12H2,1-2H3,(H,21,26)(H,22,27)(H2,23,24,28). The maximum atomic E-state index is 12.4. The molecule has 0 spiro atoms. The van der Waals surface area contributed by atoms with E-state index in [2.05, 4.69) is 20.6 Å². The van der Waals surface area contributed by atoms with Crippen LogP contribution >= 0.6 is 0 Å². The number of nitrogens with zero attached hydrogens (tertiary/aromatic N) is 1. The summed E-state index contributed by atoms with van der Waals surface area (Å²) >= 11 is 0. The zero-order valence-electron chi connectivity index (χ0n) is 16.2. The van der Waals surface area contributed by atoms with Crippen LogP contribution in [0.2, 0.25) is 0 Å². The van der Waals surface area contributed by atoms with Crippen LogP contribution in [0.3, 0.4) is 0 Å². The molecule has 3 rings (SSSR count). The summed E-state index contributed by atoms with van der Waals surface area (Å²) in [7, 11) is 1.54. The minimum absolute atomic E-state index is 0.0531. The van der Waals surface area contributed by atoms with Gasteiger partial charge in [0.1, 0.15) is 5.75 Å². The summed E-state index contributed by atoms with van der Waals surface area (Å²) in [6.07, 6.45) is 0. The Morgan fingerprint density at radius 3 is 2.41 bits per heavy atom. The number of hydrogen-bond donors (Lipinski definition) is 4. The number of aromatic amines is 2. The van der Waals surface area contributed by atoms with Crippen molar-refractivity contribution in [2.24, 2.45) is 0 Å². The number of aromatic nitrogens is 2. The van der Waals surface area contributed by atoms with Crippen molar-refractivity contribution in [3.63, 3.8) is 0 Å². The number of H-pyrrole nitrogens is 2. The van der Waals surface area contributed by atoms with E-state index in [1.807, 2.05) is 13.0 Å². The van der Waals surface area contributed by atoms with E-state index in [-0.39, 0.29) is 30.6 Å². The molecular formula is C20H23N5O4. The van der Waals surface area contributed by atoms with Crippen LogP contribution in [0.15, 0.2) is 47.3 Å². The minimum Gasteiger partial charge on any atom is -0.495 e. The molecule has 152 valence electrons. The highest BCUT2D eigenvalue weighted by atomic mass is 16.5. The fraction of sp³-hybridized carbons (Fsp3) is 0.250. The number of fused-ring (bicyclic) bond motifs is 1. The van der Waals surface area contributed by atoms with Crippen molar-refractivity contribution in [2.45, 2.75) is 6.92 Å². The Morgan fingerprint density at radius 2 is 1.69 bits per heavy atom. The van der Waals surface area contributed by atoms with Crippen molar-refractivity contribution in [3.8, 4) is 5.75 Å². The molecule has 29 heavy (non-hydrogen) atoms. The third-order valence-corrected chi connectivity index (χ3v) is 4.36. The number of imidazole rings is 1. The second kappa shape index (κ2) is 9.07. The van der Waals surface area contributed by atoms with E-state index < -0.39 is 0 Å². The molecular weight excluding hydrogens is 374 g/mol. The molecule has 1 aromatic heterocycles. The molecule has 2 aromatic carbocycles. The lowest BCUT2D eigenvalue weighted by atomic mass is 10.2. The maximum absolute atomic E-state index is 12.4. The summed E-state index contributed by atoms with van der Waals surface area (Å²) in [5.41, 5.74) is 2.11. The van der Waals surface area contributed by atoms with Crippen LogP contribution in [0, 0.1) is 0 Å². The smallest absolute Gasteiger partial charge is 0.323 e. The SMILES string of the molecule is CCN(CC(=O)Nc1ccc2[nH]c(=O)[nH]c2c1)CC(=O)Nc1ccccc1OC. The van der Waals surface area contributed by atoms with E-state index in [4.69, 9.17) is 4.74 Å². The Balaban J connectivity index is 1.57. The molecule has 4 N–H and O–H groups in total. The average Bonchev–Trinajstić information content (AvgIpc) is 3.07. The zero-order chi connectivity index (χ0) is 20.8. The number of carbonyl (C=O) groups is 2. The summed E-state index contributed by atoms with van der Waals surface area (Å²) < 4.78 is 5.22. The predicted molar refractivity (Wildman–Crippen MR) is 111 cm³/mol. The molecule has 1 heterocycles. The topological polar surface area (TPSA) is 119 Å². The van der Waals surface area contributed by atoms with Gasteiger partial charge in [0.25, 0.3) is 0 Å². The van der Waals surface area contributed by atoms with Gasteiger partial charge < -0.3 is 25.3 Å². The lowest BCUT2D eigenvalue weighted by Gasteiger charge is -2.19. The lowest BCUT2D eigenvalue weighted by molar-refractivity contribution is -0.119. The van der Waals surface area contributed by atoms with E-state index in [1.165, 1.54) is 7.11 Å². The van der Waals surface area contributed by atoms with Gasteiger partial charge in [-0.3, -0.25) is 14.5 Å². The normalized spacial score (nSPS) is 10.9. The van der Waals surface area contributed by atoms with Gasteiger partial charge in [-0.15, -0.1) is 0 Å². The third kappa shape index (κ3) is 5.23. The number of anilines is 2. The number of rotatable bonds is 8. The van der Waals surface area contributed by atoms with E-state index >= 15 is 0 Å². The first kappa shape index (κ1) is 20.2. The number of carbonyl (C=O) groups excluding carboxylic acids is 2. The molecule has 0 saturated carbocycles. The number of likely N-dealkylation sites (N-methyl/N-ethyl adjacent to an activating group) is 1. The van der Waals surface area contributed by atoms with E-state index in [0.29, 0.717) is 34.7 Å². The molecule has 0 radical (unpaired) electrons. The van der Waals surface area contributed by atoms with Gasteiger partial charge >= 0.3 is 5.69 Å². The largest absolute Gasteiger partial charge is 0.495 e. The Kier molecular flexibility index (Phi) is 6.30. The fourth-order valence-electron chi connectivity index (χ4n) is 2.93. The van der Waals surface area contributed by atoms with Crippen molar-refractivity contribution >= 4 is 34.2 Å². The van der Waals surface area contributed by atoms with Gasteiger partial charge in [-0.1, -0.05) is 19.1 Å². The van der Waals surface area contributed by atoms with Crippen LogP contribution in [0.25, 0.3) is 11.0 Å². The monoisotopic (exact) mass is 397 g/mol. The maximum Gasteiger partial charge on any atom is 0.323 e. The van der Waals surface area contributed by atoms with Crippen molar-refractivity contribution in [3.05, 3.63) is 52.9 Å². The first-order valence-corrected chi connectivity index (χ1v) is 9.15. The third-order valence-electron chi connectivity index (χ3n) is 4.36. The van der Waals surface area contributed by atoms with Gasteiger partial charge in [0.2, 0.25) is 11.8 Å². The molecule has 9 heteroatoms. The average molecular weight is 397 g/mol. The Hall–Kier alpha value is -3.59. The van der Waals surface area contributed by atoms with E-state index in [1.54, 1.807) is 41.3 Å². The molecule has 2 amide bonds. The molecule has 0 aliphatic rings. The zero-order valence-corrected chi connectivity index (χ0v) is 16.2. The van der Waals surface area contributed by atoms with Gasteiger partial charge in [-0.2, -0.15) is 0 Å². The first-order valence-electron chi connectivity index (χ1n) is 9.15. The number of nitrogens with one attached hydrogen (secondary N) is 4. The number of methoxy groups -OCH3 is 1. The quantitative estimate of drug-likeness (QED) is 0.462. The Bertz CT molecular complexity index is 1070. The molecule has 9 nitrogen and oxygen atoms in total. The highest BCUT2D eigenvalue weighted by Crippen LogP contribution is 2.22. The first-order chi connectivity index (χ1) is 14.0. The highest BCUT2D eigenvalue weighted by Gasteiger charge is 2.15. The van der Waals surface area contributed by atoms with Crippen LogP contribution in [0.5, 0.6) is 5.75 Å². The van der Waals surface area contributed by atoms with E-state index in [0.717, 1.165) is 0 Å². The molecule has 0 fully saturated rings. The summed E-state index contributed by atoms with van der Waals surface area (Å²) in [5, 5.41) is 5.58. The summed E-state index contributed by atoms with van der Waals surface area (Å²) in [4.78, 5) is 43.1. The molecule has 0 aliphatic heterocycles. The number of benzene rings is 2. The second-order valence-corrected chi connectivity index (χ2v) is 6.44. The number of amides is 2. The number of hydrogen-bond acceptors (Lipinski definition) is 5. The Labute approximate surface area is 167 Å². The van der Waals surface area contributed by atoms with Crippen molar-refractivity contribution < 1.29 is 14.3 Å². The second-order valence-electron chi connectivity index (χ2n) is 6.44. The molecule has 0 unspecified atom stereocenters. The summed E-state index contributed by atoms with van der Waals surface area (Å²) in [6.45, 7) is 2.51. The summed E-state index contributed by atoms with van der Waals surface area (Å²) in [5.74, 6) is 0.0736.